The zero-order valence-electron chi connectivity index (χ0n) is 11.3. The van der Waals surface area contributed by atoms with E-state index in [0.717, 1.165) is 6.54 Å². The molecule has 2 nitrogen and oxygen atoms in total. The van der Waals surface area contributed by atoms with Crippen LogP contribution in [0.15, 0.2) is 0 Å². The van der Waals surface area contributed by atoms with E-state index < -0.39 is 0 Å². The van der Waals surface area contributed by atoms with Gasteiger partial charge in [0.1, 0.15) is 0 Å². The van der Waals surface area contributed by atoms with Crippen LogP contribution in [0, 0.1) is 5.41 Å². The first-order valence-corrected chi connectivity index (χ1v) is 6.51. The minimum atomic E-state index is 0.406. The molecular weight excluding hydrogens is 184 g/mol. The summed E-state index contributed by atoms with van der Waals surface area (Å²) in [4.78, 5) is 2.57. The highest BCUT2D eigenvalue weighted by molar-refractivity contribution is 4.81. The smallest absolute Gasteiger partial charge is 0.00385 e. The van der Waals surface area contributed by atoms with Crippen LogP contribution in [0.5, 0.6) is 0 Å². The van der Waals surface area contributed by atoms with Crippen molar-refractivity contribution in [2.24, 2.45) is 11.1 Å². The Balaban J connectivity index is 0.000000921. The maximum atomic E-state index is 5.81. The second-order valence-corrected chi connectivity index (χ2v) is 5.00. The van der Waals surface area contributed by atoms with Crippen molar-refractivity contribution in [2.75, 3.05) is 19.6 Å². The maximum Gasteiger partial charge on any atom is 0.00385 e. The molecule has 0 aromatic carbocycles. The molecule has 1 aliphatic rings. The van der Waals surface area contributed by atoms with Crippen molar-refractivity contribution in [1.82, 2.24) is 4.90 Å². The highest BCUT2D eigenvalue weighted by Gasteiger charge is 2.26. The lowest BCUT2D eigenvalue weighted by atomic mass is 9.83. The Kier molecular flexibility index (Phi) is 7.20. The van der Waals surface area contributed by atoms with Gasteiger partial charge in [0.2, 0.25) is 0 Å². The molecule has 1 rings (SSSR count). The highest BCUT2D eigenvalue weighted by Crippen LogP contribution is 2.29. The monoisotopic (exact) mass is 214 g/mol. The first kappa shape index (κ1) is 14.9. The minimum absolute atomic E-state index is 0.406. The summed E-state index contributed by atoms with van der Waals surface area (Å²) in [5, 5.41) is 0. The predicted molar refractivity (Wildman–Crippen MR) is 69.1 cm³/mol. The number of hydrogen-bond acceptors (Lipinski definition) is 2. The van der Waals surface area contributed by atoms with Gasteiger partial charge in [-0.05, 0) is 58.2 Å². The van der Waals surface area contributed by atoms with Gasteiger partial charge >= 0.3 is 0 Å². The normalized spacial score (nSPS) is 28.2. The second kappa shape index (κ2) is 7.24. The lowest BCUT2D eigenvalue weighted by molar-refractivity contribution is 0.215. The Labute approximate surface area is 96.2 Å². The Morgan fingerprint density at radius 2 is 1.80 bits per heavy atom. The molecule has 0 spiro atoms. The average molecular weight is 214 g/mol. The van der Waals surface area contributed by atoms with Gasteiger partial charge in [0.15, 0.2) is 0 Å². The van der Waals surface area contributed by atoms with Crippen molar-refractivity contribution in [3.8, 4) is 0 Å². The van der Waals surface area contributed by atoms with Gasteiger partial charge in [-0.1, -0.05) is 20.8 Å². The Bertz CT molecular complexity index is 157. The van der Waals surface area contributed by atoms with Gasteiger partial charge < -0.3 is 10.6 Å². The van der Waals surface area contributed by atoms with E-state index in [0.29, 0.717) is 11.5 Å². The van der Waals surface area contributed by atoms with E-state index in [2.05, 4.69) is 25.7 Å². The molecule has 0 aliphatic carbocycles. The van der Waals surface area contributed by atoms with Crippen LogP contribution in [0.4, 0.5) is 0 Å². The zero-order chi connectivity index (χ0) is 11.9. The molecule has 2 N–H and O–H groups in total. The van der Waals surface area contributed by atoms with Crippen LogP contribution in [-0.2, 0) is 0 Å². The summed E-state index contributed by atoms with van der Waals surface area (Å²) < 4.78 is 0. The van der Waals surface area contributed by atoms with Crippen molar-refractivity contribution >= 4 is 0 Å². The van der Waals surface area contributed by atoms with Gasteiger partial charge in [0.25, 0.3) is 0 Å². The van der Waals surface area contributed by atoms with Crippen molar-refractivity contribution in [2.45, 2.75) is 59.9 Å². The van der Waals surface area contributed by atoms with Crippen LogP contribution >= 0.6 is 0 Å². The van der Waals surface area contributed by atoms with Crippen LogP contribution in [-0.4, -0.2) is 30.6 Å². The molecule has 1 unspecified atom stereocenters. The quantitative estimate of drug-likeness (QED) is 0.766. The van der Waals surface area contributed by atoms with Gasteiger partial charge in [-0.15, -0.1) is 0 Å². The molecule has 1 fully saturated rings. The number of hydrogen-bond donors (Lipinski definition) is 1. The summed E-state index contributed by atoms with van der Waals surface area (Å²) in [6, 6.07) is 0.695. The Morgan fingerprint density at radius 3 is 2.27 bits per heavy atom. The van der Waals surface area contributed by atoms with E-state index in [1.165, 1.54) is 32.4 Å². The number of likely N-dealkylation sites (tertiary alicyclic amines) is 1. The number of nitrogens with zero attached hydrogens (tertiary/aromatic N) is 1. The van der Waals surface area contributed by atoms with E-state index in [1.807, 2.05) is 13.8 Å². The summed E-state index contributed by atoms with van der Waals surface area (Å²) in [7, 11) is 0. The fraction of sp³-hybridized carbons (Fsp3) is 1.00. The molecule has 0 aromatic heterocycles. The zero-order valence-corrected chi connectivity index (χ0v) is 11.3. The molecule has 1 aliphatic heterocycles. The van der Waals surface area contributed by atoms with E-state index in [9.17, 15) is 0 Å². The van der Waals surface area contributed by atoms with Gasteiger partial charge in [-0.25, -0.2) is 0 Å². The minimum Gasteiger partial charge on any atom is -0.330 e. The Hall–Kier alpha value is -0.0800. The summed E-state index contributed by atoms with van der Waals surface area (Å²) in [5.41, 5.74) is 6.22. The molecule has 1 atom stereocenters. The lowest BCUT2D eigenvalue weighted by Crippen LogP contribution is -2.33. The van der Waals surface area contributed by atoms with Crippen LogP contribution < -0.4 is 5.73 Å². The van der Waals surface area contributed by atoms with Crippen molar-refractivity contribution in [3.05, 3.63) is 0 Å². The van der Waals surface area contributed by atoms with Gasteiger partial charge in [0, 0.05) is 6.04 Å². The van der Waals surface area contributed by atoms with Gasteiger partial charge in [0.05, 0.1) is 0 Å². The summed E-state index contributed by atoms with van der Waals surface area (Å²) in [5.74, 6) is 0. The first-order chi connectivity index (χ1) is 7.07. The molecule has 0 amide bonds. The third-order valence-corrected chi connectivity index (χ3v) is 3.45. The molecule has 0 bridgehead atoms. The van der Waals surface area contributed by atoms with E-state index in [1.54, 1.807) is 0 Å². The Morgan fingerprint density at radius 1 is 1.20 bits per heavy atom. The van der Waals surface area contributed by atoms with Crippen LogP contribution in [0.2, 0.25) is 0 Å². The van der Waals surface area contributed by atoms with E-state index in [-0.39, 0.29) is 0 Å². The van der Waals surface area contributed by atoms with E-state index >= 15 is 0 Å². The fourth-order valence-electron chi connectivity index (χ4n) is 2.08. The summed E-state index contributed by atoms with van der Waals surface area (Å²) in [6.45, 7) is 14.2. The molecule has 0 aromatic rings. The molecule has 1 saturated heterocycles. The summed E-state index contributed by atoms with van der Waals surface area (Å²) >= 11 is 0. The van der Waals surface area contributed by atoms with Gasteiger partial charge in [-0.2, -0.15) is 0 Å². The third-order valence-electron chi connectivity index (χ3n) is 3.45. The average Bonchev–Trinajstić information content (AvgIpc) is 2.44. The molecule has 92 valence electrons. The molecule has 0 saturated carbocycles. The van der Waals surface area contributed by atoms with Crippen LogP contribution in [0.25, 0.3) is 0 Å². The second-order valence-electron chi connectivity index (χ2n) is 5.00. The SMILES string of the molecule is CC.CC(C)N1CCCC(C)(CN)CC1. The predicted octanol–water partition coefficient (Wildman–Crippen LogP) is 2.87. The molecule has 15 heavy (non-hydrogen) atoms. The topological polar surface area (TPSA) is 29.3 Å². The van der Waals surface area contributed by atoms with Crippen molar-refractivity contribution in [3.63, 3.8) is 0 Å². The molecule has 2 heteroatoms. The fourth-order valence-corrected chi connectivity index (χ4v) is 2.08. The van der Waals surface area contributed by atoms with Crippen LogP contribution in [0.1, 0.15) is 53.9 Å². The lowest BCUT2D eigenvalue weighted by Gasteiger charge is -2.27. The van der Waals surface area contributed by atoms with E-state index in [4.69, 9.17) is 5.73 Å². The standard InChI is InChI=1S/C11H24N2.C2H6/c1-10(2)13-7-4-5-11(3,9-12)6-8-13;1-2/h10H,4-9,12H2,1-3H3;1-2H3. The van der Waals surface area contributed by atoms with Crippen LogP contribution in [0.3, 0.4) is 0 Å². The molecule has 1 heterocycles. The largest absolute Gasteiger partial charge is 0.330 e. The maximum absolute atomic E-state index is 5.81. The molecular formula is C13H30N2. The highest BCUT2D eigenvalue weighted by atomic mass is 15.1. The third kappa shape index (κ3) is 4.98. The summed E-state index contributed by atoms with van der Waals surface area (Å²) in [6.07, 6.45) is 3.88. The van der Waals surface area contributed by atoms with Crippen molar-refractivity contribution < 1.29 is 0 Å². The van der Waals surface area contributed by atoms with Crippen molar-refractivity contribution in [1.29, 1.82) is 0 Å². The first-order valence-electron chi connectivity index (χ1n) is 6.51. The number of rotatable bonds is 2. The molecule has 0 radical (unpaired) electrons. The van der Waals surface area contributed by atoms with Gasteiger partial charge in [-0.3, -0.25) is 0 Å². The number of nitrogens with two attached hydrogens (primary N) is 1.